The predicted molar refractivity (Wildman–Crippen MR) is 81.3 cm³/mol. The first kappa shape index (κ1) is 12.8. The fraction of sp³-hybridized carbons (Fsp3) is 0.133. The molecule has 0 saturated carbocycles. The second-order valence-electron chi connectivity index (χ2n) is 4.66. The minimum Gasteiger partial charge on any atom is -0.496 e. The fourth-order valence-corrected chi connectivity index (χ4v) is 2.49. The van der Waals surface area contributed by atoms with Crippen LogP contribution in [0.4, 0.5) is 5.69 Å². The second-order valence-corrected chi connectivity index (χ2v) is 5.09. The van der Waals surface area contributed by atoms with Crippen LogP contribution in [-0.2, 0) is 0 Å². The number of aromatic nitrogens is 2. The highest BCUT2D eigenvalue weighted by molar-refractivity contribution is 6.30. The Morgan fingerprint density at radius 2 is 2.05 bits per heavy atom. The van der Waals surface area contributed by atoms with E-state index in [2.05, 4.69) is 4.98 Å². The summed E-state index contributed by atoms with van der Waals surface area (Å²) in [5.74, 6) is 0.861. The number of rotatable bonds is 2. The van der Waals surface area contributed by atoms with Crippen LogP contribution in [0.3, 0.4) is 0 Å². The van der Waals surface area contributed by atoms with E-state index < -0.39 is 0 Å². The van der Waals surface area contributed by atoms with Crippen molar-refractivity contribution in [3.05, 3.63) is 47.2 Å². The molecule has 1 aromatic carbocycles. The number of nitrogen functional groups attached to an aromatic ring is 1. The number of methoxy groups -OCH3 is 1. The monoisotopic (exact) mass is 287 g/mol. The van der Waals surface area contributed by atoms with E-state index in [0.717, 1.165) is 22.6 Å². The Balaban J connectivity index is 2.15. The molecule has 3 rings (SSSR count). The Hall–Kier alpha value is -2.20. The molecular formula is C15H14ClN3O. The quantitative estimate of drug-likeness (QED) is 0.784. The van der Waals surface area contributed by atoms with Crippen LogP contribution < -0.4 is 10.5 Å². The number of fused-ring (bicyclic) bond motifs is 1. The summed E-state index contributed by atoms with van der Waals surface area (Å²) in [6.07, 6.45) is 3.71. The zero-order valence-electron chi connectivity index (χ0n) is 11.2. The summed E-state index contributed by atoms with van der Waals surface area (Å²) in [5.41, 5.74) is 10.1. The molecule has 2 heterocycles. The first-order valence-corrected chi connectivity index (χ1v) is 6.55. The number of pyridine rings is 1. The zero-order valence-corrected chi connectivity index (χ0v) is 12.0. The van der Waals surface area contributed by atoms with Gasteiger partial charge in [-0.3, -0.25) is 0 Å². The van der Waals surface area contributed by atoms with E-state index in [9.17, 15) is 0 Å². The second kappa shape index (κ2) is 4.72. The maximum absolute atomic E-state index is 6.00. The van der Waals surface area contributed by atoms with Gasteiger partial charge in [-0.05, 0) is 36.8 Å². The zero-order chi connectivity index (χ0) is 14.3. The van der Waals surface area contributed by atoms with Gasteiger partial charge in [0.1, 0.15) is 5.75 Å². The van der Waals surface area contributed by atoms with E-state index in [-0.39, 0.29) is 0 Å². The minimum absolute atomic E-state index is 0.564. The number of aryl methyl sites for hydroxylation is 1. The molecule has 3 aromatic rings. The Labute approximate surface area is 121 Å². The van der Waals surface area contributed by atoms with Crippen molar-refractivity contribution in [3.8, 4) is 17.0 Å². The maximum atomic E-state index is 6.00. The molecule has 102 valence electrons. The molecule has 0 aliphatic carbocycles. The average molecular weight is 288 g/mol. The van der Waals surface area contributed by atoms with E-state index in [4.69, 9.17) is 22.1 Å². The summed E-state index contributed by atoms with van der Waals surface area (Å²) in [4.78, 5) is 4.56. The molecule has 0 bridgehead atoms. The first-order valence-electron chi connectivity index (χ1n) is 6.17. The van der Waals surface area contributed by atoms with Crippen molar-refractivity contribution in [1.82, 2.24) is 9.38 Å². The summed E-state index contributed by atoms with van der Waals surface area (Å²) in [7, 11) is 1.66. The number of halogens is 1. The van der Waals surface area contributed by atoms with Crippen LogP contribution in [0.5, 0.6) is 5.75 Å². The van der Waals surface area contributed by atoms with Crippen molar-refractivity contribution in [2.75, 3.05) is 12.8 Å². The van der Waals surface area contributed by atoms with Crippen LogP contribution in [0.25, 0.3) is 16.9 Å². The number of anilines is 1. The molecule has 0 amide bonds. The van der Waals surface area contributed by atoms with Crippen LogP contribution in [0.2, 0.25) is 5.02 Å². The van der Waals surface area contributed by atoms with Crippen LogP contribution in [0.1, 0.15) is 5.56 Å². The van der Waals surface area contributed by atoms with Crippen molar-refractivity contribution in [2.45, 2.75) is 6.92 Å². The third-order valence-corrected chi connectivity index (χ3v) is 3.44. The van der Waals surface area contributed by atoms with E-state index in [1.807, 2.05) is 35.7 Å². The number of imidazole rings is 1. The summed E-state index contributed by atoms with van der Waals surface area (Å²) in [5, 5.41) is 0.588. The molecule has 20 heavy (non-hydrogen) atoms. The molecular weight excluding hydrogens is 274 g/mol. The molecule has 0 saturated heterocycles. The summed E-state index contributed by atoms with van der Waals surface area (Å²) >= 11 is 6.00. The highest BCUT2D eigenvalue weighted by Crippen LogP contribution is 2.27. The Kier molecular flexibility index (Phi) is 3.03. The van der Waals surface area contributed by atoms with Crippen molar-refractivity contribution < 1.29 is 4.74 Å². The van der Waals surface area contributed by atoms with Gasteiger partial charge in [0.25, 0.3) is 0 Å². The number of hydrogen-bond donors (Lipinski definition) is 1. The molecule has 0 atom stereocenters. The van der Waals surface area contributed by atoms with Gasteiger partial charge < -0.3 is 14.9 Å². The van der Waals surface area contributed by atoms with Gasteiger partial charge in [0.15, 0.2) is 5.65 Å². The van der Waals surface area contributed by atoms with Crippen LogP contribution in [0, 0.1) is 6.92 Å². The average Bonchev–Trinajstić information content (AvgIpc) is 2.82. The number of nitrogens with two attached hydrogens (primary N) is 1. The lowest BCUT2D eigenvalue weighted by Crippen LogP contribution is -1.91. The molecule has 0 fully saturated rings. The van der Waals surface area contributed by atoms with Gasteiger partial charge in [-0.1, -0.05) is 11.6 Å². The number of nitrogens with zero attached hydrogens (tertiary/aromatic N) is 2. The molecule has 0 aliphatic heterocycles. The lowest BCUT2D eigenvalue weighted by atomic mass is 10.1. The minimum atomic E-state index is 0.564. The molecule has 2 N–H and O–H groups in total. The largest absolute Gasteiger partial charge is 0.496 e. The van der Waals surface area contributed by atoms with Gasteiger partial charge in [0.05, 0.1) is 23.5 Å². The SMILES string of the molecule is COc1ccc(-c2cn3cc(Cl)cc(N)c3n2)cc1C. The van der Waals surface area contributed by atoms with E-state index in [1.54, 1.807) is 19.4 Å². The van der Waals surface area contributed by atoms with Gasteiger partial charge in [0.2, 0.25) is 0 Å². The van der Waals surface area contributed by atoms with Crippen LogP contribution in [0.15, 0.2) is 36.7 Å². The molecule has 0 radical (unpaired) electrons. The van der Waals surface area contributed by atoms with Crippen LogP contribution >= 0.6 is 11.6 Å². The molecule has 2 aromatic heterocycles. The first-order chi connectivity index (χ1) is 9.58. The van der Waals surface area contributed by atoms with Crippen molar-refractivity contribution >= 4 is 22.9 Å². The van der Waals surface area contributed by atoms with Crippen molar-refractivity contribution in [2.24, 2.45) is 0 Å². The summed E-state index contributed by atoms with van der Waals surface area (Å²) in [6, 6.07) is 7.65. The van der Waals surface area contributed by atoms with Crippen LogP contribution in [-0.4, -0.2) is 16.5 Å². The van der Waals surface area contributed by atoms with Gasteiger partial charge in [-0.2, -0.15) is 0 Å². The lowest BCUT2D eigenvalue weighted by molar-refractivity contribution is 0.412. The van der Waals surface area contributed by atoms with E-state index in [0.29, 0.717) is 16.4 Å². The molecule has 0 spiro atoms. The Morgan fingerprint density at radius 1 is 1.25 bits per heavy atom. The summed E-state index contributed by atoms with van der Waals surface area (Å²) in [6.45, 7) is 2.00. The number of hydrogen-bond acceptors (Lipinski definition) is 3. The normalized spacial score (nSPS) is 10.9. The smallest absolute Gasteiger partial charge is 0.160 e. The fourth-order valence-electron chi connectivity index (χ4n) is 2.27. The molecule has 0 unspecified atom stereocenters. The highest BCUT2D eigenvalue weighted by Gasteiger charge is 2.09. The predicted octanol–water partition coefficient (Wildman–Crippen LogP) is 3.55. The van der Waals surface area contributed by atoms with Gasteiger partial charge in [-0.25, -0.2) is 4.98 Å². The molecule has 4 nitrogen and oxygen atoms in total. The lowest BCUT2D eigenvalue weighted by Gasteiger charge is -2.05. The van der Waals surface area contributed by atoms with Gasteiger partial charge in [0, 0.05) is 18.0 Å². The Bertz CT molecular complexity index is 795. The third-order valence-electron chi connectivity index (χ3n) is 3.24. The standard InChI is InChI=1S/C15H14ClN3O/c1-9-5-10(3-4-14(9)20-2)13-8-19-7-11(16)6-12(17)15(19)18-13/h3-8H,17H2,1-2H3. The van der Waals surface area contributed by atoms with E-state index in [1.165, 1.54) is 0 Å². The highest BCUT2D eigenvalue weighted by atomic mass is 35.5. The van der Waals surface area contributed by atoms with Crippen molar-refractivity contribution in [1.29, 1.82) is 0 Å². The third kappa shape index (κ3) is 2.08. The maximum Gasteiger partial charge on any atom is 0.160 e. The van der Waals surface area contributed by atoms with Gasteiger partial charge >= 0.3 is 0 Å². The molecule has 0 aliphatic rings. The Morgan fingerprint density at radius 3 is 2.75 bits per heavy atom. The van der Waals surface area contributed by atoms with Crippen molar-refractivity contribution in [3.63, 3.8) is 0 Å². The number of benzene rings is 1. The number of ether oxygens (including phenoxy) is 1. The molecule has 5 heteroatoms. The topological polar surface area (TPSA) is 52.5 Å². The summed E-state index contributed by atoms with van der Waals surface area (Å²) < 4.78 is 7.11. The van der Waals surface area contributed by atoms with E-state index >= 15 is 0 Å². The van der Waals surface area contributed by atoms with Gasteiger partial charge in [-0.15, -0.1) is 0 Å².